The summed E-state index contributed by atoms with van der Waals surface area (Å²) in [4.78, 5) is 41.7. The van der Waals surface area contributed by atoms with Gasteiger partial charge in [0.2, 0.25) is 5.91 Å². The van der Waals surface area contributed by atoms with E-state index >= 15 is 0 Å². The summed E-state index contributed by atoms with van der Waals surface area (Å²) in [6.07, 6.45) is 6.21. The maximum Gasteiger partial charge on any atom is 0.273 e. The second-order valence-corrected chi connectivity index (χ2v) is 11.6. The van der Waals surface area contributed by atoms with Crippen LogP contribution in [0.5, 0.6) is 0 Å². The number of halogens is 1. The Labute approximate surface area is 228 Å². The van der Waals surface area contributed by atoms with Crippen LogP contribution in [0.25, 0.3) is 0 Å². The molecule has 3 rings (SSSR count). The van der Waals surface area contributed by atoms with Gasteiger partial charge in [0, 0.05) is 18.3 Å². The summed E-state index contributed by atoms with van der Waals surface area (Å²) in [5, 5.41) is 5.92. The van der Waals surface area contributed by atoms with Gasteiger partial charge in [-0.2, -0.15) is 4.37 Å². The molecule has 1 aromatic carbocycles. The van der Waals surface area contributed by atoms with E-state index in [0.29, 0.717) is 18.9 Å². The SMILES string of the molecule is CC(C)CCNC(=O)[C@H](CC(C)C)N(C(=O)c1snc(C(=O)NC2CCCCC2)c1N)c1cccc(F)c1. The summed E-state index contributed by atoms with van der Waals surface area (Å²) in [7, 11) is 0. The topological polar surface area (TPSA) is 117 Å². The van der Waals surface area contributed by atoms with Crippen LogP contribution >= 0.6 is 11.5 Å². The number of nitrogens with zero attached hydrogens (tertiary/aromatic N) is 2. The van der Waals surface area contributed by atoms with Crippen molar-refractivity contribution in [1.82, 2.24) is 15.0 Å². The Morgan fingerprint density at radius 3 is 2.47 bits per heavy atom. The van der Waals surface area contributed by atoms with Crippen molar-refractivity contribution in [2.75, 3.05) is 17.2 Å². The smallest absolute Gasteiger partial charge is 0.273 e. The maximum absolute atomic E-state index is 14.3. The molecule has 1 fully saturated rings. The van der Waals surface area contributed by atoms with Crippen LogP contribution in [0.1, 0.15) is 92.8 Å². The number of rotatable bonds is 11. The van der Waals surface area contributed by atoms with Crippen molar-refractivity contribution in [3.8, 4) is 0 Å². The molecule has 208 valence electrons. The summed E-state index contributed by atoms with van der Waals surface area (Å²) >= 11 is 0.819. The third-order valence-corrected chi connectivity index (χ3v) is 7.56. The first-order valence-corrected chi connectivity index (χ1v) is 14.3. The number of nitrogens with two attached hydrogens (primary N) is 1. The Balaban J connectivity index is 1.94. The number of carbonyl (C=O) groups excluding carboxylic acids is 3. The number of carbonyl (C=O) groups is 3. The average Bonchev–Trinajstić information content (AvgIpc) is 3.25. The van der Waals surface area contributed by atoms with Gasteiger partial charge in [0.25, 0.3) is 11.8 Å². The Hall–Kier alpha value is -3.01. The standard InChI is InChI=1S/C28H40FN5O3S/c1-17(2)13-14-31-26(35)22(15-18(3)4)34(21-12-8-9-19(29)16-21)28(37)25-23(30)24(33-38-25)27(36)32-20-10-6-5-7-11-20/h8-9,12,16-18,20,22H,5-7,10-11,13-15,30H2,1-4H3,(H,31,35)(H,32,36)/t22-/m0/s1. The zero-order valence-corrected chi connectivity index (χ0v) is 23.6. The molecule has 0 spiro atoms. The van der Waals surface area contributed by atoms with Gasteiger partial charge in [0.1, 0.15) is 16.7 Å². The lowest BCUT2D eigenvalue weighted by Crippen LogP contribution is -2.51. The maximum atomic E-state index is 14.3. The average molecular weight is 546 g/mol. The van der Waals surface area contributed by atoms with Gasteiger partial charge in [-0.05, 0) is 67.3 Å². The zero-order chi connectivity index (χ0) is 27.8. The molecule has 4 N–H and O–H groups in total. The van der Waals surface area contributed by atoms with Gasteiger partial charge in [0.15, 0.2) is 5.69 Å². The van der Waals surface area contributed by atoms with Gasteiger partial charge in [-0.15, -0.1) is 0 Å². The Bertz CT molecular complexity index is 1110. The molecule has 1 aliphatic rings. The van der Waals surface area contributed by atoms with Crippen molar-refractivity contribution in [3.05, 3.63) is 40.7 Å². The molecule has 0 aliphatic heterocycles. The Morgan fingerprint density at radius 1 is 1.13 bits per heavy atom. The van der Waals surface area contributed by atoms with E-state index in [1.54, 1.807) is 6.07 Å². The third kappa shape index (κ3) is 7.75. The van der Waals surface area contributed by atoms with Gasteiger partial charge in [-0.3, -0.25) is 19.3 Å². The molecule has 1 aliphatic carbocycles. The molecule has 1 aromatic heterocycles. The zero-order valence-electron chi connectivity index (χ0n) is 22.8. The molecule has 8 nitrogen and oxygen atoms in total. The minimum Gasteiger partial charge on any atom is -0.395 e. The first-order chi connectivity index (χ1) is 18.1. The van der Waals surface area contributed by atoms with Crippen LogP contribution in [-0.4, -0.2) is 40.7 Å². The van der Waals surface area contributed by atoms with E-state index in [0.717, 1.165) is 50.1 Å². The van der Waals surface area contributed by atoms with E-state index in [4.69, 9.17) is 5.73 Å². The van der Waals surface area contributed by atoms with Crippen LogP contribution in [0, 0.1) is 17.7 Å². The fourth-order valence-electron chi connectivity index (χ4n) is 4.67. The molecule has 0 saturated heterocycles. The van der Waals surface area contributed by atoms with E-state index < -0.39 is 23.7 Å². The molecule has 3 amide bonds. The lowest BCUT2D eigenvalue weighted by molar-refractivity contribution is -0.122. The molecule has 1 saturated carbocycles. The number of nitrogen functional groups attached to an aromatic ring is 1. The molecule has 1 heterocycles. The summed E-state index contributed by atoms with van der Waals surface area (Å²) in [5.74, 6) is -1.39. The van der Waals surface area contributed by atoms with E-state index in [1.165, 1.54) is 23.1 Å². The molecule has 0 bridgehead atoms. The predicted octanol–water partition coefficient (Wildman–Crippen LogP) is 5.15. The number of aromatic nitrogens is 1. The number of anilines is 2. The minimum atomic E-state index is -0.905. The number of benzene rings is 1. The molecular formula is C28H40FN5O3S. The van der Waals surface area contributed by atoms with Crippen molar-refractivity contribution in [3.63, 3.8) is 0 Å². The second-order valence-electron chi connectivity index (χ2n) is 10.9. The number of hydrogen-bond donors (Lipinski definition) is 3. The quantitative estimate of drug-likeness (QED) is 0.361. The fourth-order valence-corrected chi connectivity index (χ4v) is 5.40. The van der Waals surface area contributed by atoms with Crippen molar-refractivity contribution in [2.24, 2.45) is 11.8 Å². The van der Waals surface area contributed by atoms with Crippen LogP contribution in [0.3, 0.4) is 0 Å². The summed E-state index contributed by atoms with van der Waals surface area (Å²) < 4.78 is 18.5. The van der Waals surface area contributed by atoms with Crippen molar-refractivity contribution in [2.45, 2.75) is 84.7 Å². The van der Waals surface area contributed by atoms with Crippen molar-refractivity contribution in [1.29, 1.82) is 0 Å². The molecule has 0 radical (unpaired) electrons. The third-order valence-electron chi connectivity index (χ3n) is 6.71. The molecule has 38 heavy (non-hydrogen) atoms. The normalized spacial score (nSPS) is 14.9. The molecule has 2 aromatic rings. The highest BCUT2D eigenvalue weighted by Gasteiger charge is 2.35. The molecular weight excluding hydrogens is 505 g/mol. The van der Waals surface area contributed by atoms with Crippen LogP contribution < -0.4 is 21.3 Å². The van der Waals surface area contributed by atoms with Crippen molar-refractivity contribution >= 4 is 40.6 Å². The number of nitrogens with one attached hydrogen (secondary N) is 2. The van der Waals surface area contributed by atoms with Crippen LogP contribution in [0.15, 0.2) is 24.3 Å². The van der Waals surface area contributed by atoms with Gasteiger partial charge in [-0.1, -0.05) is 53.0 Å². The number of amides is 3. The highest BCUT2D eigenvalue weighted by molar-refractivity contribution is 7.09. The highest BCUT2D eigenvalue weighted by atomic mass is 32.1. The molecule has 1 atom stereocenters. The Morgan fingerprint density at radius 2 is 1.84 bits per heavy atom. The fraction of sp³-hybridized carbons (Fsp3) is 0.571. The first-order valence-electron chi connectivity index (χ1n) is 13.5. The summed E-state index contributed by atoms with van der Waals surface area (Å²) in [6, 6.07) is 4.74. The van der Waals surface area contributed by atoms with Crippen LogP contribution in [0.2, 0.25) is 0 Å². The van der Waals surface area contributed by atoms with E-state index in [9.17, 15) is 18.8 Å². The second kappa shape index (κ2) is 13.7. The van der Waals surface area contributed by atoms with E-state index in [2.05, 4.69) is 28.9 Å². The van der Waals surface area contributed by atoms with Crippen LogP contribution in [-0.2, 0) is 4.79 Å². The predicted molar refractivity (Wildman–Crippen MR) is 150 cm³/mol. The van der Waals surface area contributed by atoms with E-state index in [-0.39, 0.29) is 39.8 Å². The lowest BCUT2D eigenvalue weighted by atomic mass is 9.95. The highest BCUT2D eigenvalue weighted by Crippen LogP contribution is 2.30. The molecule has 0 unspecified atom stereocenters. The summed E-state index contributed by atoms with van der Waals surface area (Å²) in [6.45, 7) is 8.50. The van der Waals surface area contributed by atoms with Gasteiger partial charge in [-0.25, -0.2) is 4.39 Å². The first kappa shape index (κ1) is 29.5. The van der Waals surface area contributed by atoms with Gasteiger partial charge < -0.3 is 16.4 Å². The van der Waals surface area contributed by atoms with Crippen molar-refractivity contribution < 1.29 is 18.8 Å². The Kier molecular flexibility index (Phi) is 10.6. The summed E-state index contributed by atoms with van der Waals surface area (Å²) in [5.41, 5.74) is 6.52. The number of hydrogen-bond acceptors (Lipinski definition) is 6. The van der Waals surface area contributed by atoms with E-state index in [1.807, 2.05) is 13.8 Å². The lowest BCUT2D eigenvalue weighted by Gasteiger charge is -2.32. The van der Waals surface area contributed by atoms with Gasteiger partial charge in [0.05, 0.1) is 5.69 Å². The molecule has 10 heteroatoms. The van der Waals surface area contributed by atoms with Crippen LogP contribution in [0.4, 0.5) is 15.8 Å². The minimum absolute atomic E-state index is 0.00455. The van der Waals surface area contributed by atoms with Gasteiger partial charge >= 0.3 is 0 Å². The monoisotopic (exact) mass is 545 g/mol. The largest absolute Gasteiger partial charge is 0.395 e.